The summed E-state index contributed by atoms with van der Waals surface area (Å²) in [4.78, 5) is 16.0. The lowest BCUT2D eigenvalue weighted by Crippen LogP contribution is -2.24. The van der Waals surface area contributed by atoms with Gasteiger partial charge in [-0.15, -0.1) is 0 Å². The fraction of sp³-hybridized carbons (Fsp3) is 0.100. The maximum Gasteiger partial charge on any atom is 0.244 e. The van der Waals surface area contributed by atoms with E-state index in [1.54, 1.807) is 18.3 Å². The van der Waals surface area contributed by atoms with Crippen LogP contribution in [0.3, 0.4) is 0 Å². The summed E-state index contributed by atoms with van der Waals surface area (Å²) < 4.78 is 5.31. The number of hydrogen-bond acceptors (Lipinski definition) is 3. The second-order valence-corrected chi connectivity index (χ2v) is 5.47. The van der Waals surface area contributed by atoms with Crippen LogP contribution in [0.25, 0.3) is 17.4 Å². The number of aromatic nitrogens is 1. The zero-order valence-corrected chi connectivity index (χ0v) is 13.3. The standard InChI is InChI=1S/C20H18N2O2/c1-15(22-20(23)11-10-16-6-3-2-4-7-16)17-8-5-9-18(12-17)19-13-21-14-24-19/h2-15H,1H3,(H,22,23)/b11-10-. The van der Waals surface area contributed by atoms with Crippen molar-refractivity contribution in [2.24, 2.45) is 0 Å². The predicted octanol–water partition coefficient (Wildman–Crippen LogP) is 4.23. The van der Waals surface area contributed by atoms with E-state index in [9.17, 15) is 4.79 Å². The highest BCUT2D eigenvalue weighted by molar-refractivity contribution is 5.92. The first kappa shape index (κ1) is 15.7. The van der Waals surface area contributed by atoms with Gasteiger partial charge in [-0.3, -0.25) is 4.79 Å². The second kappa shape index (κ2) is 7.42. The lowest BCUT2D eigenvalue weighted by atomic mass is 10.0. The summed E-state index contributed by atoms with van der Waals surface area (Å²) in [6.45, 7) is 1.95. The van der Waals surface area contributed by atoms with E-state index in [2.05, 4.69) is 10.3 Å². The molecule has 4 nitrogen and oxygen atoms in total. The molecule has 1 atom stereocenters. The quantitative estimate of drug-likeness (QED) is 0.716. The van der Waals surface area contributed by atoms with Crippen molar-refractivity contribution in [3.63, 3.8) is 0 Å². The predicted molar refractivity (Wildman–Crippen MR) is 94.0 cm³/mol. The van der Waals surface area contributed by atoms with Gasteiger partial charge in [0, 0.05) is 11.6 Å². The van der Waals surface area contributed by atoms with Crippen molar-refractivity contribution >= 4 is 12.0 Å². The Kier molecular flexibility index (Phi) is 4.87. The Morgan fingerprint density at radius 3 is 2.75 bits per heavy atom. The molecule has 2 aromatic carbocycles. The van der Waals surface area contributed by atoms with E-state index in [-0.39, 0.29) is 11.9 Å². The van der Waals surface area contributed by atoms with E-state index >= 15 is 0 Å². The summed E-state index contributed by atoms with van der Waals surface area (Å²) in [5.41, 5.74) is 2.93. The molecule has 120 valence electrons. The van der Waals surface area contributed by atoms with E-state index in [0.29, 0.717) is 5.76 Å². The largest absolute Gasteiger partial charge is 0.444 e. The van der Waals surface area contributed by atoms with Gasteiger partial charge < -0.3 is 9.73 Å². The molecule has 0 radical (unpaired) electrons. The Bertz CT molecular complexity index is 824. The first-order chi connectivity index (χ1) is 11.7. The van der Waals surface area contributed by atoms with Gasteiger partial charge in [0.15, 0.2) is 12.2 Å². The number of nitrogens with one attached hydrogen (secondary N) is 1. The third kappa shape index (κ3) is 3.98. The highest BCUT2D eigenvalue weighted by atomic mass is 16.3. The minimum Gasteiger partial charge on any atom is -0.444 e. The summed E-state index contributed by atoms with van der Waals surface area (Å²) in [6, 6.07) is 17.5. The van der Waals surface area contributed by atoms with Gasteiger partial charge in [-0.2, -0.15) is 0 Å². The van der Waals surface area contributed by atoms with Crippen LogP contribution >= 0.6 is 0 Å². The molecule has 1 amide bonds. The highest BCUT2D eigenvalue weighted by Crippen LogP contribution is 2.22. The van der Waals surface area contributed by atoms with E-state index in [4.69, 9.17) is 4.42 Å². The fourth-order valence-corrected chi connectivity index (χ4v) is 2.40. The van der Waals surface area contributed by atoms with Crippen LogP contribution in [0.2, 0.25) is 0 Å². The Labute approximate surface area is 140 Å². The number of oxazole rings is 1. The van der Waals surface area contributed by atoms with E-state index in [1.807, 2.05) is 61.5 Å². The van der Waals surface area contributed by atoms with Gasteiger partial charge in [0.25, 0.3) is 0 Å². The maximum atomic E-state index is 12.1. The average molecular weight is 318 g/mol. The van der Waals surface area contributed by atoms with Crippen molar-refractivity contribution in [2.45, 2.75) is 13.0 Å². The second-order valence-electron chi connectivity index (χ2n) is 5.47. The number of amides is 1. The summed E-state index contributed by atoms with van der Waals surface area (Å²) >= 11 is 0. The molecule has 24 heavy (non-hydrogen) atoms. The van der Waals surface area contributed by atoms with Gasteiger partial charge in [0.05, 0.1) is 12.2 Å². The lowest BCUT2D eigenvalue weighted by Gasteiger charge is -2.13. The Morgan fingerprint density at radius 1 is 1.17 bits per heavy atom. The van der Waals surface area contributed by atoms with Crippen LogP contribution in [-0.2, 0) is 4.79 Å². The molecule has 1 heterocycles. The molecule has 0 saturated heterocycles. The minimum absolute atomic E-state index is 0.110. The van der Waals surface area contributed by atoms with Gasteiger partial charge in [-0.05, 0) is 30.2 Å². The molecule has 0 fully saturated rings. The van der Waals surface area contributed by atoms with Crippen LogP contribution in [0.15, 0.2) is 77.7 Å². The molecule has 0 saturated carbocycles. The maximum absolute atomic E-state index is 12.1. The van der Waals surface area contributed by atoms with Crippen LogP contribution < -0.4 is 5.32 Å². The molecule has 0 aliphatic heterocycles. The monoisotopic (exact) mass is 318 g/mol. The van der Waals surface area contributed by atoms with Crippen LogP contribution in [0.4, 0.5) is 0 Å². The van der Waals surface area contributed by atoms with Gasteiger partial charge in [0.2, 0.25) is 5.91 Å². The van der Waals surface area contributed by atoms with Crippen LogP contribution in [0.5, 0.6) is 0 Å². The molecular weight excluding hydrogens is 300 g/mol. The van der Waals surface area contributed by atoms with Crippen molar-refractivity contribution in [3.05, 3.63) is 84.4 Å². The van der Waals surface area contributed by atoms with Crippen molar-refractivity contribution in [2.75, 3.05) is 0 Å². The molecule has 1 aromatic heterocycles. The number of nitrogens with zero attached hydrogens (tertiary/aromatic N) is 1. The molecule has 1 unspecified atom stereocenters. The van der Waals surface area contributed by atoms with Crippen molar-refractivity contribution < 1.29 is 9.21 Å². The number of carbonyl (C=O) groups excluding carboxylic acids is 1. The third-order valence-electron chi connectivity index (χ3n) is 3.69. The van der Waals surface area contributed by atoms with Gasteiger partial charge >= 0.3 is 0 Å². The van der Waals surface area contributed by atoms with Crippen LogP contribution in [0.1, 0.15) is 24.1 Å². The van der Waals surface area contributed by atoms with Crippen LogP contribution in [0, 0.1) is 0 Å². The normalized spacial score (nSPS) is 12.2. The summed E-state index contributed by atoms with van der Waals surface area (Å²) in [5, 5.41) is 2.97. The van der Waals surface area contributed by atoms with Gasteiger partial charge in [-0.1, -0.05) is 48.5 Å². The zero-order valence-electron chi connectivity index (χ0n) is 13.3. The van der Waals surface area contributed by atoms with E-state index < -0.39 is 0 Å². The van der Waals surface area contributed by atoms with E-state index in [0.717, 1.165) is 16.7 Å². The zero-order chi connectivity index (χ0) is 16.8. The number of carbonyl (C=O) groups is 1. The number of rotatable bonds is 5. The molecule has 0 bridgehead atoms. The Balaban J connectivity index is 1.66. The van der Waals surface area contributed by atoms with Crippen LogP contribution in [-0.4, -0.2) is 10.9 Å². The SMILES string of the molecule is CC(NC(=O)/C=C\c1ccccc1)c1cccc(-c2cnco2)c1. The molecule has 0 aliphatic rings. The van der Waals surface area contributed by atoms with Gasteiger partial charge in [-0.25, -0.2) is 4.98 Å². The molecule has 0 aliphatic carbocycles. The summed E-state index contributed by atoms with van der Waals surface area (Å²) in [7, 11) is 0. The molecule has 3 rings (SSSR count). The third-order valence-corrected chi connectivity index (χ3v) is 3.69. The molecule has 4 heteroatoms. The molecular formula is C20H18N2O2. The number of hydrogen-bond donors (Lipinski definition) is 1. The first-order valence-corrected chi connectivity index (χ1v) is 7.75. The minimum atomic E-state index is -0.128. The highest BCUT2D eigenvalue weighted by Gasteiger charge is 2.09. The Hall–Kier alpha value is -3.14. The smallest absolute Gasteiger partial charge is 0.244 e. The fourth-order valence-electron chi connectivity index (χ4n) is 2.40. The Morgan fingerprint density at radius 2 is 2.00 bits per heavy atom. The molecule has 3 aromatic rings. The van der Waals surface area contributed by atoms with Gasteiger partial charge in [0.1, 0.15) is 0 Å². The van der Waals surface area contributed by atoms with Crippen molar-refractivity contribution in [1.29, 1.82) is 0 Å². The van der Waals surface area contributed by atoms with Crippen molar-refractivity contribution in [1.82, 2.24) is 10.3 Å². The molecule has 1 N–H and O–H groups in total. The topological polar surface area (TPSA) is 55.1 Å². The lowest BCUT2D eigenvalue weighted by molar-refractivity contribution is -0.117. The van der Waals surface area contributed by atoms with Crippen molar-refractivity contribution in [3.8, 4) is 11.3 Å². The molecule has 0 spiro atoms. The summed E-state index contributed by atoms with van der Waals surface area (Å²) in [5.74, 6) is 0.579. The average Bonchev–Trinajstić information content (AvgIpc) is 3.16. The summed E-state index contributed by atoms with van der Waals surface area (Å²) in [6.07, 6.45) is 6.42. The number of benzene rings is 2. The first-order valence-electron chi connectivity index (χ1n) is 7.75. The van der Waals surface area contributed by atoms with E-state index in [1.165, 1.54) is 6.39 Å².